The molecule has 0 saturated heterocycles. The Morgan fingerprint density at radius 1 is 1.00 bits per heavy atom. The number of nitrogens with zero attached hydrogens (tertiary/aromatic N) is 1. The summed E-state index contributed by atoms with van der Waals surface area (Å²) in [6.07, 6.45) is 4.32. The Kier molecular flexibility index (Phi) is 4.70. The number of benzene rings is 2. The summed E-state index contributed by atoms with van der Waals surface area (Å²) in [6, 6.07) is 12.8. The van der Waals surface area contributed by atoms with E-state index in [2.05, 4.69) is 46.0 Å². The molecule has 0 atom stereocenters. The first-order valence-electron chi connectivity index (χ1n) is 10.4. The molecule has 0 spiro atoms. The Morgan fingerprint density at radius 2 is 1.86 bits per heavy atom. The second-order valence-corrected chi connectivity index (χ2v) is 7.99. The van der Waals surface area contributed by atoms with Crippen molar-refractivity contribution >= 4 is 5.96 Å². The Morgan fingerprint density at radius 3 is 2.72 bits per heavy atom. The fourth-order valence-electron chi connectivity index (χ4n) is 4.14. The number of hydrogen-bond acceptors (Lipinski definition) is 4. The fourth-order valence-corrected chi connectivity index (χ4v) is 4.14. The number of rotatable bonds is 6. The second kappa shape index (κ2) is 7.50. The third kappa shape index (κ3) is 3.71. The van der Waals surface area contributed by atoms with Crippen molar-refractivity contribution in [3.05, 3.63) is 53.1 Å². The maximum Gasteiger partial charge on any atom is 0.231 e. The topological polar surface area (TPSA) is 64.1 Å². The highest BCUT2D eigenvalue weighted by molar-refractivity contribution is 5.79. The van der Waals surface area contributed by atoms with E-state index in [-0.39, 0.29) is 5.41 Å². The van der Waals surface area contributed by atoms with E-state index >= 15 is 0 Å². The molecule has 152 valence electrons. The highest BCUT2D eigenvalue weighted by Crippen LogP contribution is 2.49. The Hall–Kier alpha value is -2.89. The lowest BCUT2D eigenvalue weighted by Crippen LogP contribution is -2.41. The van der Waals surface area contributed by atoms with E-state index in [9.17, 15) is 0 Å². The van der Waals surface area contributed by atoms with Crippen molar-refractivity contribution in [2.75, 3.05) is 33.5 Å². The summed E-state index contributed by atoms with van der Waals surface area (Å²) in [6.45, 7) is 2.83. The van der Waals surface area contributed by atoms with Crippen LogP contribution in [0.3, 0.4) is 0 Å². The van der Waals surface area contributed by atoms with Gasteiger partial charge in [-0.25, -0.2) is 0 Å². The molecule has 1 saturated carbocycles. The number of aliphatic imine (C=N–C) groups is 1. The quantitative estimate of drug-likeness (QED) is 0.584. The number of guanidine groups is 1. The molecule has 2 aromatic rings. The van der Waals surface area contributed by atoms with E-state index < -0.39 is 0 Å². The smallest absolute Gasteiger partial charge is 0.231 e. The molecule has 2 heterocycles. The molecule has 2 aromatic carbocycles. The van der Waals surface area contributed by atoms with Gasteiger partial charge in [-0.05, 0) is 54.2 Å². The van der Waals surface area contributed by atoms with Crippen molar-refractivity contribution in [3.63, 3.8) is 0 Å². The zero-order valence-electron chi connectivity index (χ0n) is 16.8. The average molecular weight is 393 g/mol. The molecule has 0 amide bonds. The molecule has 2 N–H and O–H groups in total. The average Bonchev–Trinajstić information content (AvgIpc) is 3.16. The van der Waals surface area contributed by atoms with Gasteiger partial charge in [0, 0.05) is 32.0 Å². The van der Waals surface area contributed by atoms with Gasteiger partial charge in [-0.2, -0.15) is 0 Å². The molecule has 2 aliphatic heterocycles. The Labute approximate surface area is 171 Å². The van der Waals surface area contributed by atoms with Crippen molar-refractivity contribution < 1.29 is 14.2 Å². The van der Waals surface area contributed by atoms with Crippen LogP contribution < -0.4 is 24.8 Å². The van der Waals surface area contributed by atoms with E-state index in [1.807, 2.05) is 13.1 Å². The number of nitrogens with one attached hydrogen (secondary N) is 2. The lowest BCUT2D eigenvalue weighted by atomic mass is 9.95. The molecule has 0 bridgehead atoms. The maximum absolute atomic E-state index is 5.58. The SMILES string of the molecule is CN=C(NCCc1ccc2c(c1)CCO2)NCC1(c2ccc3c(c2)OCO3)CC1. The summed E-state index contributed by atoms with van der Waals surface area (Å²) in [4.78, 5) is 4.39. The first-order chi connectivity index (χ1) is 14.3. The molecule has 0 unspecified atom stereocenters. The van der Waals surface area contributed by atoms with Crippen molar-refractivity contribution in [1.29, 1.82) is 0 Å². The minimum Gasteiger partial charge on any atom is -0.493 e. The van der Waals surface area contributed by atoms with Crippen LogP contribution in [0.1, 0.15) is 29.5 Å². The molecule has 1 fully saturated rings. The van der Waals surface area contributed by atoms with Crippen LogP contribution in [0.2, 0.25) is 0 Å². The Balaban J connectivity index is 1.14. The molecule has 1 aliphatic carbocycles. The van der Waals surface area contributed by atoms with Crippen LogP contribution in [-0.2, 0) is 18.3 Å². The minimum atomic E-state index is 0.165. The molecular weight excluding hydrogens is 366 g/mol. The summed E-state index contributed by atoms with van der Waals surface area (Å²) in [5, 5.41) is 6.96. The zero-order chi connectivity index (χ0) is 19.7. The van der Waals surface area contributed by atoms with Crippen LogP contribution in [-0.4, -0.2) is 39.5 Å². The number of fused-ring (bicyclic) bond motifs is 2. The van der Waals surface area contributed by atoms with Gasteiger partial charge in [0.2, 0.25) is 6.79 Å². The predicted molar refractivity (Wildman–Crippen MR) is 112 cm³/mol. The van der Waals surface area contributed by atoms with Crippen LogP contribution in [0.15, 0.2) is 41.4 Å². The van der Waals surface area contributed by atoms with Gasteiger partial charge in [0.1, 0.15) is 5.75 Å². The summed E-state index contributed by atoms with van der Waals surface area (Å²) in [7, 11) is 1.82. The lowest BCUT2D eigenvalue weighted by Gasteiger charge is -2.19. The highest BCUT2D eigenvalue weighted by atomic mass is 16.7. The van der Waals surface area contributed by atoms with E-state index in [0.29, 0.717) is 6.79 Å². The van der Waals surface area contributed by atoms with Gasteiger partial charge in [-0.1, -0.05) is 18.2 Å². The zero-order valence-corrected chi connectivity index (χ0v) is 16.8. The van der Waals surface area contributed by atoms with E-state index in [0.717, 1.165) is 55.7 Å². The van der Waals surface area contributed by atoms with Gasteiger partial charge in [-0.3, -0.25) is 4.99 Å². The minimum absolute atomic E-state index is 0.165. The molecule has 6 heteroatoms. The highest BCUT2D eigenvalue weighted by Gasteiger charge is 2.44. The van der Waals surface area contributed by atoms with Crippen molar-refractivity contribution in [1.82, 2.24) is 10.6 Å². The first-order valence-corrected chi connectivity index (χ1v) is 10.4. The van der Waals surface area contributed by atoms with Gasteiger partial charge in [0.25, 0.3) is 0 Å². The van der Waals surface area contributed by atoms with Crippen LogP contribution >= 0.6 is 0 Å². The second-order valence-electron chi connectivity index (χ2n) is 7.99. The lowest BCUT2D eigenvalue weighted by molar-refractivity contribution is 0.174. The summed E-state index contributed by atoms with van der Waals surface area (Å²) < 4.78 is 16.6. The third-order valence-electron chi connectivity index (χ3n) is 6.12. The molecule has 29 heavy (non-hydrogen) atoms. The monoisotopic (exact) mass is 393 g/mol. The van der Waals surface area contributed by atoms with Crippen LogP contribution in [0.5, 0.6) is 17.2 Å². The molecule has 0 radical (unpaired) electrons. The van der Waals surface area contributed by atoms with Crippen LogP contribution in [0, 0.1) is 0 Å². The standard InChI is InChI=1S/C23H27N3O3/c1-24-22(25-10-6-16-2-4-19-17(12-16)7-11-27-19)26-14-23(8-9-23)18-3-5-20-21(13-18)29-15-28-20/h2-5,12-13H,6-11,14-15H2,1H3,(H2,24,25,26). The predicted octanol–water partition coefficient (Wildman–Crippen LogP) is 2.79. The molecular formula is C23H27N3O3. The normalized spacial score (nSPS) is 18.2. The third-order valence-corrected chi connectivity index (χ3v) is 6.12. The van der Waals surface area contributed by atoms with Crippen molar-refractivity contribution in [3.8, 4) is 17.2 Å². The van der Waals surface area contributed by atoms with Crippen molar-refractivity contribution in [2.24, 2.45) is 4.99 Å². The van der Waals surface area contributed by atoms with Crippen LogP contribution in [0.4, 0.5) is 0 Å². The summed E-state index contributed by atoms with van der Waals surface area (Å²) >= 11 is 0. The molecule has 5 rings (SSSR count). The largest absolute Gasteiger partial charge is 0.493 e. The summed E-state index contributed by atoms with van der Waals surface area (Å²) in [5.74, 6) is 3.59. The van der Waals surface area contributed by atoms with Crippen molar-refractivity contribution in [2.45, 2.75) is 31.1 Å². The van der Waals surface area contributed by atoms with Gasteiger partial charge in [-0.15, -0.1) is 0 Å². The summed E-state index contributed by atoms with van der Waals surface area (Å²) in [5.41, 5.74) is 4.13. The maximum atomic E-state index is 5.58. The molecule has 0 aromatic heterocycles. The fraction of sp³-hybridized carbons (Fsp3) is 0.435. The number of hydrogen-bond donors (Lipinski definition) is 2. The van der Waals surface area contributed by atoms with E-state index in [4.69, 9.17) is 14.2 Å². The van der Waals surface area contributed by atoms with Gasteiger partial charge < -0.3 is 24.8 Å². The first kappa shape index (κ1) is 18.2. The Bertz CT molecular complexity index is 937. The molecule has 6 nitrogen and oxygen atoms in total. The van der Waals surface area contributed by atoms with Gasteiger partial charge >= 0.3 is 0 Å². The van der Waals surface area contributed by atoms with E-state index in [1.54, 1.807) is 0 Å². The molecule has 3 aliphatic rings. The number of ether oxygens (including phenoxy) is 3. The van der Waals surface area contributed by atoms with E-state index in [1.165, 1.54) is 29.5 Å². The van der Waals surface area contributed by atoms with Gasteiger partial charge in [0.15, 0.2) is 17.5 Å². The van der Waals surface area contributed by atoms with Gasteiger partial charge in [0.05, 0.1) is 6.61 Å². The van der Waals surface area contributed by atoms with Crippen LogP contribution in [0.25, 0.3) is 0 Å².